The smallest absolute Gasteiger partial charge is 0.226 e. The van der Waals surface area contributed by atoms with Crippen molar-refractivity contribution in [2.24, 2.45) is 0 Å². The number of carbonyl (C=O) groups is 1. The van der Waals surface area contributed by atoms with E-state index in [9.17, 15) is 10.0 Å². The molecule has 0 unspecified atom stereocenters. The van der Waals surface area contributed by atoms with E-state index in [0.29, 0.717) is 18.5 Å². The molecule has 4 aromatic rings. The summed E-state index contributed by atoms with van der Waals surface area (Å²) in [5, 5.41) is 13.3. The number of rotatable bonds is 8. The van der Waals surface area contributed by atoms with Crippen LogP contribution in [-0.2, 0) is 13.0 Å². The number of unbranched alkanes of at least 4 members (excludes halogenated alkanes) is 1. The fourth-order valence-electron chi connectivity index (χ4n) is 3.87. The first-order chi connectivity index (χ1) is 14.2. The van der Waals surface area contributed by atoms with Crippen molar-refractivity contribution in [2.75, 3.05) is 0 Å². The Morgan fingerprint density at radius 3 is 2.62 bits per heavy atom. The zero-order chi connectivity index (χ0) is 20.2. The highest BCUT2D eigenvalue weighted by Crippen LogP contribution is 2.25. The molecule has 0 aliphatic carbocycles. The Kier molecular flexibility index (Phi) is 5.56. The van der Waals surface area contributed by atoms with Crippen LogP contribution in [0.1, 0.15) is 48.8 Å². The molecule has 0 bridgehead atoms. The molecule has 2 aromatic carbocycles. The molecule has 0 aliphatic heterocycles. The monoisotopic (exact) mass is 387 g/mol. The van der Waals surface area contributed by atoms with Gasteiger partial charge in [0.2, 0.25) is 11.7 Å². The van der Waals surface area contributed by atoms with Gasteiger partial charge >= 0.3 is 0 Å². The number of carbonyl (C=O) groups excluding carboxylic acids is 1. The molecule has 0 spiro atoms. The lowest BCUT2D eigenvalue weighted by atomic mass is 10.1. The number of aryl methyl sites for hydroxylation is 2. The molecule has 0 N–H and O–H groups in total. The summed E-state index contributed by atoms with van der Waals surface area (Å²) in [7, 11) is 0. The van der Waals surface area contributed by atoms with E-state index in [1.54, 1.807) is 6.20 Å². The first-order valence-electron chi connectivity index (χ1n) is 10.3. The molecular formula is C24H25N3O2. The Morgan fingerprint density at radius 2 is 1.83 bits per heavy atom. The standard InChI is InChI=1S/C24H25N3O2/c1-2-3-15-23-25-20-17-27(29)21-13-8-7-12-19(21)24(20)26(23)16-9-14-22(28)18-10-5-4-6-11-18/h4-8,10-13,17H,2-3,9,14-16H2,1H3. The molecule has 148 valence electrons. The number of hydrogen-bond donors (Lipinski definition) is 0. The molecule has 0 saturated heterocycles. The highest BCUT2D eigenvalue weighted by atomic mass is 16.5. The number of benzene rings is 2. The maximum absolute atomic E-state index is 12.5. The molecule has 5 nitrogen and oxygen atoms in total. The summed E-state index contributed by atoms with van der Waals surface area (Å²) in [6.45, 7) is 2.87. The summed E-state index contributed by atoms with van der Waals surface area (Å²) in [4.78, 5) is 17.3. The molecule has 29 heavy (non-hydrogen) atoms. The Balaban J connectivity index is 1.67. The Bertz CT molecular complexity index is 1150. The maximum atomic E-state index is 12.5. The van der Waals surface area contributed by atoms with Crippen LogP contribution in [0.4, 0.5) is 0 Å². The van der Waals surface area contributed by atoms with Crippen molar-refractivity contribution < 1.29 is 9.52 Å². The molecule has 0 amide bonds. The third-order valence-corrected chi connectivity index (χ3v) is 5.35. The van der Waals surface area contributed by atoms with Crippen LogP contribution in [0.3, 0.4) is 0 Å². The first kappa shape index (κ1) is 19.1. The predicted octanol–water partition coefficient (Wildman–Crippen LogP) is 4.83. The zero-order valence-electron chi connectivity index (χ0n) is 16.7. The summed E-state index contributed by atoms with van der Waals surface area (Å²) in [6, 6.07) is 17.1. The molecule has 0 aliphatic rings. The van der Waals surface area contributed by atoms with E-state index in [1.807, 2.05) is 54.6 Å². The number of para-hydroxylation sites is 1. The quantitative estimate of drug-likeness (QED) is 0.247. The van der Waals surface area contributed by atoms with Gasteiger partial charge < -0.3 is 9.77 Å². The molecule has 2 aromatic heterocycles. The topological polar surface area (TPSA) is 61.8 Å². The minimum atomic E-state index is 0.160. The van der Waals surface area contributed by atoms with Gasteiger partial charge in [0.25, 0.3) is 0 Å². The van der Waals surface area contributed by atoms with Gasteiger partial charge in [0.1, 0.15) is 5.82 Å². The molecule has 0 saturated carbocycles. The third kappa shape index (κ3) is 3.86. The van der Waals surface area contributed by atoms with Crippen molar-refractivity contribution >= 4 is 27.7 Å². The second-order valence-electron chi connectivity index (χ2n) is 7.38. The van der Waals surface area contributed by atoms with Crippen molar-refractivity contribution in [3.8, 4) is 0 Å². The van der Waals surface area contributed by atoms with E-state index in [0.717, 1.165) is 58.2 Å². The fourth-order valence-corrected chi connectivity index (χ4v) is 3.87. The first-order valence-corrected chi connectivity index (χ1v) is 10.3. The van der Waals surface area contributed by atoms with Crippen LogP contribution in [0, 0.1) is 5.21 Å². The van der Waals surface area contributed by atoms with Gasteiger partial charge in [-0.05, 0) is 18.9 Å². The van der Waals surface area contributed by atoms with Gasteiger partial charge in [-0.15, -0.1) is 0 Å². The number of hydrogen-bond acceptors (Lipinski definition) is 3. The zero-order valence-corrected chi connectivity index (χ0v) is 16.7. The van der Waals surface area contributed by atoms with E-state index >= 15 is 0 Å². The van der Waals surface area contributed by atoms with E-state index in [-0.39, 0.29) is 5.78 Å². The Morgan fingerprint density at radius 1 is 1.07 bits per heavy atom. The van der Waals surface area contributed by atoms with Gasteiger partial charge in [0.05, 0.1) is 10.9 Å². The second kappa shape index (κ2) is 8.43. The van der Waals surface area contributed by atoms with E-state index in [1.165, 1.54) is 0 Å². The molecule has 4 rings (SSSR count). The lowest BCUT2D eigenvalue weighted by Gasteiger charge is -2.10. The van der Waals surface area contributed by atoms with Crippen LogP contribution in [0.25, 0.3) is 21.9 Å². The maximum Gasteiger partial charge on any atom is 0.226 e. The van der Waals surface area contributed by atoms with Crippen LogP contribution in [0.15, 0.2) is 60.8 Å². The number of nitrogens with zero attached hydrogens (tertiary/aromatic N) is 3. The van der Waals surface area contributed by atoms with Crippen LogP contribution in [0.5, 0.6) is 0 Å². The minimum Gasteiger partial charge on any atom is -0.618 e. The Labute approximate surface area is 170 Å². The molecule has 0 radical (unpaired) electrons. The highest BCUT2D eigenvalue weighted by molar-refractivity contribution is 6.00. The van der Waals surface area contributed by atoms with E-state index < -0.39 is 0 Å². The average Bonchev–Trinajstić information content (AvgIpc) is 3.10. The number of aromatic nitrogens is 3. The molecule has 5 heteroatoms. The number of ketones is 1. The summed E-state index contributed by atoms with van der Waals surface area (Å²) >= 11 is 0. The van der Waals surface area contributed by atoms with Crippen LogP contribution in [-0.4, -0.2) is 15.3 Å². The van der Waals surface area contributed by atoms with Gasteiger partial charge in [-0.3, -0.25) is 4.79 Å². The van der Waals surface area contributed by atoms with Crippen molar-refractivity contribution in [1.29, 1.82) is 0 Å². The summed E-state index contributed by atoms with van der Waals surface area (Å²) < 4.78 is 3.11. The average molecular weight is 387 g/mol. The number of pyridine rings is 1. The van der Waals surface area contributed by atoms with E-state index in [2.05, 4.69) is 11.5 Å². The van der Waals surface area contributed by atoms with Gasteiger partial charge in [0, 0.05) is 31.0 Å². The van der Waals surface area contributed by atoms with Crippen LogP contribution >= 0.6 is 0 Å². The third-order valence-electron chi connectivity index (χ3n) is 5.35. The summed E-state index contributed by atoms with van der Waals surface area (Å²) in [5.74, 6) is 1.15. The Hall–Kier alpha value is -3.21. The van der Waals surface area contributed by atoms with Gasteiger partial charge in [0.15, 0.2) is 11.3 Å². The van der Waals surface area contributed by atoms with Crippen LogP contribution in [0.2, 0.25) is 0 Å². The van der Waals surface area contributed by atoms with Crippen molar-refractivity contribution in [1.82, 2.24) is 9.55 Å². The minimum absolute atomic E-state index is 0.160. The SMILES string of the molecule is CCCCc1nc2c[n+]([O-])c3ccccc3c2n1CCCC(=O)c1ccccc1. The largest absolute Gasteiger partial charge is 0.618 e. The highest BCUT2D eigenvalue weighted by Gasteiger charge is 2.18. The molecular weight excluding hydrogens is 362 g/mol. The lowest BCUT2D eigenvalue weighted by molar-refractivity contribution is -0.575. The second-order valence-corrected chi connectivity index (χ2v) is 7.38. The molecule has 0 atom stereocenters. The number of fused-ring (bicyclic) bond motifs is 3. The van der Waals surface area contributed by atoms with Gasteiger partial charge in [-0.25, -0.2) is 4.98 Å². The summed E-state index contributed by atoms with van der Waals surface area (Å²) in [6.07, 6.45) is 5.78. The van der Waals surface area contributed by atoms with Gasteiger partial charge in [-0.2, -0.15) is 4.73 Å². The van der Waals surface area contributed by atoms with Crippen molar-refractivity contribution in [3.05, 3.63) is 77.4 Å². The van der Waals surface area contributed by atoms with Crippen molar-refractivity contribution in [3.63, 3.8) is 0 Å². The van der Waals surface area contributed by atoms with Crippen LogP contribution < -0.4 is 4.73 Å². The number of imidazole rings is 1. The summed E-state index contributed by atoms with van der Waals surface area (Å²) in [5.41, 5.74) is 3.11. The van der Waals surface area contributed by atoms with Crippen molar-refractivity contribution in [2.45, 2.75) is 45.6 Å². The molecule has 2 heterocycles. The fraction of sp³-hybridized carbons (Fsp3) is 0.292. The van der Waals surface area contributed by atoms with Gasteiger partial charge in [-0.1, -0.05) is 55.8 Å². The molecule has 0 fully saturated rings. The predicted molar refractivity (Wildman–Crippen MR) is 115 cm³/mol. The normalized spacial score (nSPS) is 11.3. The number of Topliss-reactive ketones (excluding diaryl/α,β-unsaturated/α-hetero) is 1. The van der Waals surface area contributed by atoms with E-state index in [4.69, 9.17) is 4.98 Å². The lowest BCUT2D eigenvalue weighted by Crippen LogP contribution is -2.26.